The fourth-order valence-corrected chi connectivity index (χ4v) is 4.92. The molecular formula is C29H28BrNO6. The largest absolute Gasteiger partial charge is 0.507 e. The maximum absolute atomic E-state index is 13.2. The number of ketones is 1. The Bertz CT molecular complexity index is 1340. The van der Waals surface area contributed by atoms with Crippen LogP contribution in [-0.4, -0.2) is 42.5 Å². The number of aliphatic hydroxyl groups excluding tert-OH is 1. The SMILES string of the molecule is CCCN1C(=O)C(=O)/C(=C(\O)c2ccc(OC)c(Br)c2)C1c1ccc(OC)c(OCc2ccccc2)c1. The van der Waals surface area contributed by atoms with Gasteiger partial charge in [-0.1, -0.05) is 43.3 Å². The Balaban J connectivity index is 1.80. The van der Waals surface area contributed by atoms with Crippen LogP contribution in [0.3, 0.4) is 0 Å². The molecule has 1 aliphatic heterocycles. The zero-order chi connectivity index (χ0) is 26.5. The molecule has 1 heterocycles. The first kappa shape index (κ1) is 26.3. The maximum atomic E-state index is 13.2. The van der Waals surface area contributed by atoms with E-state index >= 15 is 0 Å². The van der Waals surface area contributed by atoms with Gasteiger partial charge in [0, 0.05) is 12.1 Å². The molecule has 1 N–H and O–H groups in total. The van der Waals surface area contributed by atoms with Crippen LogP contribution in [-0.2, 0) is 16.2 Å². The van der Waals surface area contributed by atoms with Crippen molar-refractivity contribution in [3.63, 3.8) is 0 Å². The number of aliphatic hydroxyl groups is 1. The van der Waals surface area contributed by atoms with E-state index in [-0.39, 0.29) is 11.3 Å². The topological polar surface area (TPSA) is 85.3 Å². The van der Waals surface area contributed by atoms with Crippen molar-refractivity contribution < 1.29 is 28.9 Å². The van der Waals surface area contributed by atoms with Crippen molar-refractivity contribution in [3.05, 3.63) is 93.5 Å². The molecule has 7 nitrogen and oxygen atoms in total. The van der Waals surface area contributed by atoms with Crippen LogP contribution in [0.5, 0.6) is 17.2 Å². The van der Waals surface area contributed by atoms with Gasteiger partial charge in [0.25, 0.3) is 11.7 Å². The van der Waals surface area contributed by atoms with Crippen LogP contribution in [0.2, 0.25) is 0 Å². The number of rotatable bonds is 9. The number of ether oxygens (including phenoxy) is 3. The molecule has 3 aromatic rings. The van der Waals surface area contributed by atoms with E-state index in [1.165, 1.54) is 12.0 Å². The lowest BCUT2D eigenvalue weighted by molar-refractivity contribution is -0.139. The molecule has 8 heteroatoms. The first-order valence-corrected chi connectivity index (χ1v) is 12.7. The first-order valence-electron chi connectivity index (χ1n) is 11.9. The zero-order valence-electron chi connectivity index (χ0n) is 20.9. The number of nitrogens with zero attached hydrogens (tertiary/aromatic N) is 1. The van der Waals surface area contributed by atoms with Crippen molar-refractivity contribution in [2.24, 2.45) is 0 Å². The number of methoxy groups -OCH3 is 2. The summed E-state index contributed by atoms with van der Waals surface area (Å²) in [6, 6.07) is 19.2. The van der Waals surface area contributed by atoms with Gasteiger partial charge in [0.05, 0.1) is 30.3 Å². The molecule has 0 radical (unpaired) electrons. The van der Waals surface area contributed by atoms with E-state index in [1.807, 2.05) is 37.3 Å². The predicted octanol–water partition coefficient (Wildman–Crippen LogP) is 5.88. The van der Waals surface area contributed by atoms with Crippen LogP contribution >= 0.6 is 15.9 Å². The van der Waals surface area contributed by atoms with Crippen LogP contribution < -0.4 is 14.2 Å². The summed E-state index contributed by atoms with van der Waals surface area (Å²) in [7, 11) is 3.09. The second-order valence-electron chi connectivity index (χ2n) is 8.53. The van der Waals surface area contributed by atoms with Crippen LogP contribution in [0.4, 0.5) is 0 Å². The normalized spacial score (nSPS) is 16.6. The minimum Gasteiger partial charge on any atom is -0.507 e. The Morgan fingerprint density at radius 2 is 1.65 bits per heavy atom. The molecule has 1 aliphatic rings. The highest BCUT2D eigenvalue weighted by atomic mass is 79.9. The quantitative estimate of drug-likeness (QED) is 0.198. The average Bonchev–Trinajstić information content (AvgIpc) is 3.17. The average molecular weight is 566 g/mol. The Labute approximate surface area is 224 Å². The molecule has 1 unspecified atom stereocenters. The molecule has 1 saturated heterocycles. The van der Waals surface area contributed by atoms with Crippen molar-refractivity contribution in [2.45, 2.75) is 26.0 Å². The number of halogens is 1. The second kappa shape index (κ2) is 11.5. The number of carbonyl (C=O) groups excluding carboxylic acids is 2. The van der Waals surface area contributed by atoms with Gasteiger partial charge in [-0.2, -0.15) is 0 Å². The Hall–Kier alpha value is -3.78. The zero-order valence-corrected chi connectivity index (χ0v) is 22.4. The standard InChI is InChI=1S/C29H28BrNO6/c1-4-14-31-26(19-10-13-23(36-3)24(16-19)37-17-18-8-6-5-7-9-18)25(28(33)29(31)34)27(32)20-11-12-22(35-2)21(30)15-20/h5-13,15-16,26,32H,4,14,17H2,1-3H3/b27-25-. The van der Waals surface area contributed by atoms with Crippen molar-refractivity contribution in [1.29, 1.82) is 0 Å². The lowest BCUT2D eigenvalue weighted by atomic mass is 9.95. The van der Waals surface area contributed by atoms with Crippen LogP contribution in [0.25, 0.3) is 5.76 Å². The Morgan fingerprint density at radius 3 is 2.30 bits per heavy atom. The van der Waals surface area contributed by atoms with Gasteiger partial charge in [-0.3, -0.25) is 9.59 Å². The summed E-state index contributed by atoms with van der Waals surface area (Å²) < 4.78 is 17.5. The van der Waals surface area contributed by atoms with Crippen molar-refractivity contribution in [3.8, 4) is 17.2 Å². The molecule has 0 aromatic heterocycles. The van der Waals surface area contributed by atoms with Gasteiger partial charge in [-0.05, 0) is 63.8 Å². The van der Waals surface area contributed by atoms with E-state index in [1.54, 1.807) is 43.5 Å². The number of likely N-dealkylation sites (tertiary alicyclic amines) is 1. The third-order valence-corrected chi connectivity index (χ3v) is 6.79. The van der Waals surface area contributed by atoms with E-state index in [9.17, 15) is 14.7 Å². The predicted molar refractivity (Wildman–Crippen MR) is 144 cm³/mol. The minimum absolute atomic E-state index is 0.0229. The molecule has 0 bridgehead atoms. The number of benzene rings is 3. The summed E-state index contributed by atoms with van der Waals surface area (Å²) in [6.45, 7) is 2.60. The molecule has 1 fully saturated rings. The highest BCUT2D eigenvalue weighted by molar-refractivity contribution is 9.10. The number of Topliss-reactive ketones (excluding diaryl/α,β-unsaturated/α-hetero) is 1. The summed E-state index contributed by atoms with van der Waals surface area (Å²) >= 11 is 3.42. The van der Waals surface area contributed by atoms with E-state index in [4.69, 9.17) is 14.2 Å². The smallest absolute Gasteiger partial charge is 0.295 e. The Kier molecular flexibility index (Phi) is 8.18. The number of hydrogen-bond donors (Lipinski definition) is 1. The van der Waals surface area contributed by atoms with E-state index < -0.39 is 17.7 Å². The van der Waals surface area contributed by atoms with Crippen LogP contribution in [0, 0.1) is 0 Å². The summed E-state index contributed by atoms with van der Waals surface area (Å²) in [5, 5.41) is 11.3. The van der Waals surface area contributed by atoms with Crippen LogP contribution in [0.15, 0.2) is 76.8 Å². The third-order valence-electron chi connectivity index (χ3n) is 6.17. The lowest BCUT2D eigenvalue weighted by Gasteiger charge is -2.25. The molecule has 1 atom stereocenters. The van der Waals surface area contributed by atoms with E-state index in [0.717, 1.165) is 5.56 Å². The summed E-state index contributed by atoms with van der Waals surface area (Å²) in [4.78, 5) is 27.8. The fourth-order valence-electron chi connectivity index (χ4n) is 4.38. The molecule has 37 heavy (non-hydrogen) atoms. The summed E-state index contributed by atoms with van der Waals surface area (Å²) in [5.74, 6) is -0.0684. The molecule has 3 aromatic carbocycles. The third kappa shape index (κ3) is 5.34. The molecule has 1 amide bonds. The van der Waals surface area contributed by atoms with Gasteiger partial charge < -0.3 is 24.2 Å². The minimum atomic E-state index is -0.786. The highest BCUT2D eigenvalue weighted by Crippen LogP contribution is 2.42. The van der Waals surface area contributed by atoms with E-state index in [2.05, 4.69) is 15.9 Å². The van der Waals surface area contributed by atoms with Crippen LogP contribution in [0.1, 0.15) is 36.1 Å². The van der Waals surface area contributed by atoms with Crippen molar-refractivity contribution in [1.82, 2.24) is 4.90 Å². The summed E-state index contributed by atoms with van der Waals surface area (Å²) in [6.07, 6.45) is 0.644. The van der Waals surface area contributed by atoms with Gasteiger partial charge in [-0.15, -0.1) is 0 Å². The van der Waals surface area contributed by atoms with Gasteiger partial charge >= 0.3 is 0 Å². The number of carbonyl (C=O) groups is 2. The molecule has 0 saturated carbocycles. The fraction of sp³-hybridized carbons (Fsp3) is 0.241. The molecule has 4 rings (SSSR count). The van der Waals surface area contributed by atoms with Gasteiger partial charge in [0.15, 0.2) is 11.5 Å². The molecular weight excluding hydrogens is 538 g/mol. The molecule has 0 spiro atoms. The number of amides is 1. The lowest BCUT2D eigenvalue weighted by Crippen LogP contribution is -2.30. The van der Waals surface area contributed by atoms with Gasteiger partial charge in [0.2, 0.25) is 0 Å². The first-order chi connectivity index (χ1) is 17.9. The second-order valence-corrected chi connectivity index (χ2v) is 9.38. The maximum Gasteiger partial charge on any atom is 0.295 e. The monoisotopic (exact) mass is 565 g/mol. The van der Waals surface area contributed by atoms with Gasteiger partial charge in [0.1, 0.15) is 18.1 Å². The van der Waals surface area contributed by atoms with E-state index in [0.29, 0.717) is 52.4 Å². The van der Waals surface area contributed by atoms with Gasteiger partial charge in [-0.25, -0.2) is 0 Å². The van der Waals surface area contributed by atoms with Crippen molar-refractivity contribution in [2.75, 3.05) is 20.8 Å². The molecule has 0 aliphatic carbocycles. The Morgan fingerprint density at radius 1 is 0.946 bits per heavy atom. The number of hydrogen-bond acceptors (Lipinski definition) is 6. The highest BCUT2D eigenvalue weighted by Gasteiger charge is 2.46. The summed E-state index contributed by atoms with van der Waals surface area (Å²) in [5.41, 5.74) is 2.03. The molecule has 192 valence electrons. The van der Waals surface area contributed by atoms with Crippen molar-refractivity contribution >= 4 is 33.4 Å².